The van der Waals surface area contributed by atoms with Crippen LogP contribution >= 0.6 is 11.3 Å². The molecule has 2 aliphatic heterocycles. The Hall–Kier alpha value is -4.05. The van der Waals surface area contributed by atoms with Crippen molar-refractivity contribution >= 4 is 23.4 Å². The summed E-state index contributed by atoms with van der Waals surface area (Å²) < 4.78 is 29.6. The number of aryl methyl sites for hydroxylation is 1. The smallest absolute Gasteiger partial charge is 0.338 e. The third-order valence-corrected chi connectivity index (χ3v) is 7.35. The largest absolute Gasteiger partial charge is 0.493 e. The van der Waals surface area contributed by atoms with Gasteiger partial charge in [-0.25, -0.2) is 9.79 Å². The number of methoxy groups -OCH3 is 1. The lowest BCUT2D eigenvalue weighted by Crippen LogP contribution is -2.40. The summed E-state index contributed by atoms with van der Waals surface area (Å²) in [6.07, 6.45) is 1.82. The second-order valence-corrected chi connectivity index (χ2v) is 9.72. The van der Waals surface area contributed by atoms with Crippen molar-refractivity contribution in [2.75, 3.05) is 27.1 Å². The van der Waals surface area contributed by atoms with E-state index >= 15 is 0 Å². The van der Waals surface area contributed by atoms with Crippen molar-refractivity contribution in [3.05, 3.63) is 78.0 Å². The molecule has 38 heavy (non-hydrogen) atoms. The fourth-order valence-corrected chi connectivity index (χ4v) is 5.63. The molecule has 0 fully saturated rings. The molecule has 0 saturated carbocycles. The van der Waals surface area contributed by atoms with Gasteiger partial charge in [-0.3, -0.25) is 9.36 Å². The number of nitrogens with zero attached hydrogens (tertiary/aromatic N) is 2. The summed E-state index contributed by atoms with van der Waals surface area (Å²) in [6.45, 7) is 8.12. The van der Waals surface area contributed by atoms with E-state index in [4.69, 9.17) is 23.7 Å². The van der Waals surface area contributed by atoms with Crippen molar-refractivity contribution in [1.82, 2.24) is 4.57 Å². The van der Waals surface area contributed by atoms with Crippen molar-refractivity contribution < 1.29 is 28.5 Å². The molecule has 3 heterocycles. The summed E-state index contributed by atoms with van der Waals surface area (Å²) in [5.41, 5.74) is 2.99. The molecule has 0 unspecified atom stereocenters. The molecule has 0 amide bonds. The lowest BCUT2D eigenvalue weighted by Gasteiger charge is -2.25. The zero-order valence-corrected chi connectivity index (χ0v) is 22.6. The number of aromatic nitrogens is 1. The van der Waals surface area contributed by atoms with Gasteiger partial charge in [0.25, 0.3) is 5.56 Å². The van der Waals surface area contributed by atoms with E-state index in [0.717, 1.165) is 11.1 Å². The van der Waals surface area contributed by atoms with Gasteiger partial charge in [-0.1, -0.05) is 17.4 Å². The first-order valence-electron chi connectivity index (χ1n) is 12.3. The highest BCUT2D eigenvalue weighted by Crippen LogP contribution is 2.37. The zero-order chi connectivity index (χ0) is 27.0. The summed E-state index contributed by atoms with van der Waals surface area (Å²) in [5, 5.41) is 0. The second-order valence-electron chi connectivity index (χ2n) is 8.71. The van der Waals surface area contributed by atoms with Crippen molar-refractivity contribution in [2.45, 2.75) is 33.7 Å². The van der Waals surface area contributed by atoms with Gasteiger partial charge in [-0.15, -0.1) is 0 Å². The molecule has 3 aromatic rings. The predicted molar refractivity (Wildman–Crippen MR) is 142 cm³/mol. The highest BCUT2D eigenvalue weighted by molar-refractivity contribution is 7.07. The predicted octanol–water partition coefficient (Wildman–Crippen LogP) is 3.24. The van der Waals surface area contributed by atoms with Crippen LogP contribution in [0.15, 0.2) is 51.4 Å². The molecule has 5 rings (SSSR count). The summed E-state index contributed by atoms with van der Waals surface area (Å²) in [5.74, 6) is 1.87. The maximum absolute atomic E-state index is 13.9. The van der Waals surface area contributed by atoms with Crippen molar-refractivity contribution in [2.24, 2.45) is 4.99 Å². The number of carbonyl (C=O) groups is 1. The normalized spacial score (nSPS) is 16.2. The van der Waals surface area contributed by atoms with E-state index in [1.54, 1.807) is 37.7 Å². The highest BCUT2D eigenvalue weighted by Gasteiger charge is 2.34. The van der Waals surface area contributed by atoms with Crippen LogP contribution in [-0.4, -0.2) is 37.7 Å². The molecule has 1 atom stereocenters. The van der Waals surface area contributed by atoms with Gasteiger partial charge >= 0.3 is 5.97 Å². The van der Waals surface area contributed by atoms with Gasteiger partial charge in [0, 0.05) is 0 Å². The minimum absolute atomic E-state index is 0.169. The quantitative estimate of drug-likeness (QED) is 0.428. The van der Waals surface area contributed by atoms with Crippen LogP contribution in [0.25, 0.3) is 6.08 Å². The average molecular weight is 537 g/mol. The molecule has 1 aromatic heterocycles. The molecule has 0 saturated heterocycles. The Balaban J connectivity index is 1.72. The van der Waals surface area contributed by atoms with Crippen LogP contribution in [0.4, 0.5) is 0 Å². The number of thiazole rings is 1. The lowest BCUT2D eigenvalue weighted by molar-refractivity contribution is -0.139. The first-order chi connectivity index (χ1) is 18.4. The van der Waals surface area contributed by atoms with E-state index in [1.165, 1.54) is 11.3 Å². The molecule has 10 heteroatoms. The van der Waals surface area contributed by atoms with Crippen LogP contribution in [0.5, 0.6) is 23.0 Å². The summed E-state index contributed by atoms with van der Waals surface area (Å²) >= 11 is 1.26. The van der Waals surface area contributed by atoms with Crippen LogP contribution in [0, 0.1) is 6.92 Å². The van der Waals surface area contributed by atoms with E-state index in [9.17, 15) is 9.59 Å². The highest BCUT2D eigenvalue weighted by atomic mass is 32.1. The number of fused-ring (bicyclic) bond motifs is 2. The zero-order valence-electron chi connectivity index (χ0n) is 21.8. The third-order valence-electron chi connectivity index (χ3n) is 6.37. The Labute approximate surface area is 223 Å². The maximum atomic E-state index is 13.9. The number of ether oxygens (including phenoxy) is 5. The molecule has 9 nitrogen and oxygen atoms in total. The Morgan fingerprint density at radius 2 is 1.89 bits per heavy atom. The molecule has 198 valence electrons. The molecule has 2 aliphatic rings. The SMILES string of the molecule is CCOC(=O)C1=C(C)N=c2s/c(=C\c3cc4c(cc3C)OCO4)c(=O)n2[C@H]1c1ccc(OC)c(OCC)c1. The Morgan fingerprint density at radius 3 is 2.61 bits per heavy atom. The fourth-order valence-electron chi connectivity index (χ4n) is 4.59. The van der Waals surface area contributed by atoms with E-state index in [0.29, 0.717) is 55.8 Å². The molecular formula is C28H28N2O7S. The number of esters is 1. The average Bonchev–Trinajstić information content (AvgIpc) is 3.47. The van der Waals surface area contributed by atoms with E-state index in [-0.39, 0.29) is 19.0 Å². The van der Waals surface area contributed by atoms with Crippen molar-refractivity contribution in [3.8, 4) is 23.0 Å². The van der Waals surface area contributed by atoms with Gasteiger partial charge in [0.2, 0.25) is 6.79 Å². The van der Waals surface area contributed by atoms with Crippen LogP contribution in [0.1, 0.15) is 43.5 Å². The molecule has 2 aromatic carbocycles. The molecule has 0 spiro atoms. The van der Waals surface area contributed by atoms with Crippen LogP contribution < -0.4 is 33.8 Å². The van der Waals surface area contributed by atoms with E-state index in [2.05, 4.69) is 4.99 Å². The molecule has 0 radical (unpaired) electrons. The van der Waals surface area contributed by atoms with Gasteiger partial charge in [0.05, 0.1) is 42.2 Å². The number of allylic oxidation sites excluding steroid dienone is 1. The maximum Gasteiger partial charge on any atom is 0.338 e. The number of hydrogen-bond donors (Lipinski definition) is 0. The monoisotopic (exact) mass is 536 g/mol. The summed E-state index contributed by atoms with van der Waals surface area (Å²) in [7, 11) is 1.56. The first kappa shape index (κ1) is 25.6. The Morgan fingerprint density at radius 1 is 1.13 bits per heavy atom. The minimum Gasteiger partial charge on any atom is -0.493 e. The van der Waals surface area contributed by atoms with Crippen LogP contribution in [0.3, 0.4) is 0 Å². The summed E-state index contributed by atoms with van der Waals surface area (Å²) in [6, 6.07) is 8.39. The van der Waals surface area contributed by atoms with Gasteiger partial charge in [-0.2, -0.15) is 0 Å². The fraction of sp³-hybridized carbons (Fsp3) is 0.321. The van der Waals surface area contributed by atoms with Crippen LogP contribution in [0.2, 0.25) is 0 Å². The first-order valence-corrected chi connectivity index (χ1v) is 13.1. The Bertz CT molecular complexity index is 1630. The lowest BCUT2D eigenvalue weighted by atomic mass is 9.95. The van der Waals surface area contributed by atoms with Crippen molar-refractivity contribution in [1.29, 1.82) is 0 Å². The number of rotatable bonds is 7. The standard InChI is InChI=1S/C28H28N2O7S/c1-6-34-21-11-17(8-9-19(21)33-5)25-24(27(32)35-7-2)16(4)29-28-30(25)26(31)23(38-28)13-18-12-22-20(10-15(18)3)36-14-37-22/h8-13,25H,6-7,14H2,1-5H3/b23-13-/t25-/m0/s1. The molecular weight excluding hydrogens is 508 g/mol. The summed E-state index contributed by atoms with van der Waals surface area (Å²) in [4.78, 5) is 32.2. The van der Waals surface area contributed by atoms with Crippen LogP contribution in [-0.2, 0) is 9.53 Å². The topological polar surface area (TPSA) is 97.6 Å². The van der Waals surface area contributed by atoms with Gasteiger partial charge < -0.3 is 23.7 Å². The van der Waals surface area contributed by atoms with Gasteiger partial charge in [0.15, 0.2) is 27.8 Å². The number of carbonyl (C=O) groups excluding carboxylic acids is 1. The molecule has 0 N–H and O–H groups in total. The third kappa shape index (κ3) is 4.45. The van der Waals surface area contributed by atoms with E-state index < -0.39 is 12.0 Å². The van der Waals surface area contributed by atoms with E-state index in [1.807, 2.05) is 38.1 Å². The molecule has 0 bridgehead atoms. The number of benzene rings is 2. The van der Waals surface area contributed by atoms with Crippen molar-refractivity contribution in [3.63, 3.8) is 0 Å². The Kier molecular flexibility index (Phi) is 6.98. The number of hydrogen-bond acceptors (Lipinski definition) is 9. The molecule has 0 aliphatic carbocycles. The van der Waals surface area contributed by atoms with Gasteiger partial charge in [0.1, 0.15) is 0 Å². The minimum atomic E-state index is -0.754. The van der Waals surface area contributed by atoms with Gasteiger partial charge in [-0.05, 0) is 74.7 Å². The second kappa shape index (κ2) is 10.4.